The fourth-order valence-corrected chi connectivity index (χ4v) is 1.83. The zero-order valence-corrected chi connectivity index (χ0v) is 10.9. The lowest BCUT2D eigenvalue weighted by molar-refractivity contribution is -0.671. The third kappa shape index (κ3) is 5.22. The van der Waals surface area contributed by atoms with E-state index in [1.165, 1.54) is 32.2 Å². The first-order valence-electron chi connectivity index (χ1n) is 5.77. The number of halogens is 1. The lowest BCUT2D eigenvalue weighted by Gasteiger charge is -2.11. The SMILES string of the molecule is CCCCC(CC)Cn1cc[n+](C)c1.[Cl-]. The van der Waals surface area contributed by atoms with E-state index in [9.17, 15) is 0 Å². The molecule has 0 N–H and O–H groups in total. The van der Waals surface area contributed by atoms with Gasteiger partial charge in [-0.3, -0.25) is 0 Å². The Kier molecular flexibility index (Phi) is 7.49. The van der Waals surface area contributed by atoms with Crippen LogP contribution in [-0.4, -0.2) is 4.57 Å². The summed E-state index contributed by atoms with van der Waals surface area (Å²) in [5, 5.41) is 0. The molecule has 0 radical (unpaired) electrons. The maximum atomic E-state index is 2.30. The third-order valence-corrected chi connectivity index (χ3v) is 2.84. The highest BCUT2D eigenvalue weighted by molar-refractivity contribution is 4.69. The van der Waals surface area contributed by atoms with Crippen LogP contribution in [0.4, 0.5) is 0 Å². The van der Waals surface area contributed by atoms with E-state index in [0.29, 0.717) is 0 Å². The molecule has 1 aromatic rings. The van der Waals surface area contributed by atoms with Crippen LogP contribution in [0.25, 0.3) is 0 Å². The summed E-state index contributed by atoms with van der Waals surface area (Å²) in [6.07, 6.45) is 11.8. The first-order valence-corrected chi connectivity index (χ1v) is 5.77. The van der Waals surface area contributed by atoms with Crippen LogP contribution < -0.4 is 17.0 Å². The Balaban J connectivity index is 0.00000196. The van der Waals surface area contributed by atoms with E-state index in [4.69, 9.17) is 0 Å². The quantitative estimate of drug-likeness (QED) is 0.585. The van der Waals surface area contributed by atoms with Gasteiger partial charge in [-0.05, 0) is 18.8 Å². The van der Waals surface area contributed by atoms with Crippen LogP contribution in [0.5, 0.6) is 0 Å². The van der Waals surface area contributed by atoms with E-state index in [1.807, 2.05) is 0 Å². The van der Waals surface area contributed by atoms with Crippen molar-refractivity contribution in [3.63, 3.8) is 0 Å². The Morgan fingerprint density at radius 3 is 2.53 bits per heavy atom. The minimum atomic E-state index is 0. The Bertz CT molecular complexity index is 258. The normalized spacial score (nSPS) is 12.2. The highest BCUT2D eigenvalue weighted by Crippen LogP contribution is 2.14. The Morgan fingerprint density at radius 1 is 1.33 bits per heavy atom. The molecule has 0 aromatic carbocycles. The Morgan fingerprint density at radius 2 is 2.07 bits per heavy atom. The van der Waals surface area contributed by atoms with E-state index in [0.717, 1.165) is 5.92 Å². The van der Waals surface area contributed by atoms with Gasteiger partial charge in [0.2, 0.25) is 6.33 Å². The van der Waals surface area contributed by atoms with Crippen molar-refractivity contribution < 1.29 is 17.0 Å². The molecule has 1 heterocycles. The van der Waals surface area contributed by atoms with Crippen molar-refractivity contribution in [1.29, 1.82) is 0 Å². The second kappa shape index (κ2) is 7.75. The van der Waals surface area contributed by atoms with Crippen LogP contribution in [-0.2, 0) is 13.6 Å². The molecule has 1 atom stereocenters. The summed E-state index contributed by atoms with van der Waals surface area (Å²) in [7, 11) is 2.07. The molecule has 0 saturated heterocycles. The van der Waals surface area contributed by atoms with Gasteiger partial charge in [0.05, 0.1) is 13.6 Å². The lowest BCUT2D eigenvalue weighted by Crippen LogP contribution is -3.00. The molecule has 88 valence electrons. The predicted molar refractivity (Wildman–Crippen MR) is 58.9 cm³/mol. The predicted octanol–water partition coefficient (Wildman–Crippen LogP) is -0.467. The topological polar surface area (TPSA) is 8.81 Å². The van der Waals surface area contributed by atoms with Crippen molar-refractivity contribution in [3.05, 3.63) is 18.7 Å². The van der Waals surface area contributed by atoms with Gasteiger partial charge in [-0.25, -0.2) is 9.13 Å². The number of unbranched alkanes of at least 4 members (excludes halogenated alkanes) is 1. The highest BCUT2D eigenvalue weighted by Gasteiger charge is 2.10. The number of aromatic nitrogens is 2. The largest absolute Gasteiger partial charge is 1.00 e. The summed E-state index contributed by atoms with van der Waals surface area (Å²) >= 11 is 0. The Labute approximate surface area is 99.7 Å². The number of hydrogen-bond acceptors (Lipinski definition) is 0. The summed E-state index contributed by atoms with van der Waals surface area (Å²) in [4.78, 5) is 0. The van der Waals surface area contributed by atoms with Gasteiger partial charge < -0.3 is 12.4 Å². The van der Waals surface area contributed by atoms with Gasteiger partial charge in [-0.15, -0.1) is 0 Å². The molecule has 2 nitrogen and oxygen atoms in total. The first kappa shape index (κ1) is 14.5. The van der Waals surface area contributed by atoms with Crippen molar-refractivity contribution in [2.75, 3.05) is 0 Å². The first-order chi connectivity index (χ1) is 6.76. The molecule has 15 heavy (non-hydrogen) atoms. The summed E-state index contributed by atoms with van der Waals surface area (Å²) in [5.74, 6) is 0.849. The molecular weight excluding hydrogens is 208 g/mol. The van der Waals surface area contributed by atoms with Crippen molar-refractivity contribution in [2.24, 2.45) is 13.0 Å². The second-order valence-corrected chi connectivity index (χ2v) is 4.19. The number of aryl methyl sites for hydroxylation is 1. The van der Waals surface area contributed by atoms with Crippen LogP contribution in [0, 0.1) is 5.92 Å². The third-order valence-electron chi connectivity index (χ3n) is 2.84. The number of rotatable bonds is 6. The molecule has 0 spiro atoms. The summed E-state index contributed by atoms with van der Waals surface area (Å²) < 4.78 is 4.40. The molecule has 1 aromatic heterocycles. The molecule has 1 unspecified atom stereocenters. The summed E-state index contributed by atoms with van der Waals surface area (Å²) in [6, 6.07) is 0. The van der Waals surface area contributed by atoms with E-state index in [1.54, 1.807) is 0 Å². The second-order valence-electron chi connectivity index (χ2n) is 4.19. The molecule has 0 saturated carbocycles. The lowest BCUT2D eigenvalue weighted by atomic mass is 9.99. The van der Waals surface area contributed by atoms with Crippen LogP contribution in [0.15, 0.2) is 18.7 Å². The molecule has 0 fully saturated rings. The van der Waals surface area contributed by atoms with Crippen LogP contribution in [0.1, 0.15) is 39.5 Å². The van der Waals surface area contributed by atoms with Gasteiger partial charge in [0.1, 0.15) is 12.4 Å². The monoisotopic (exact) mass is 230 g/mol. The average molecular weight is 231 g/mol. The number of nitrogens with zero attached hydrogens (tertiary/aromatic N) is 2. The zero-order chi connectivity index (χ0) is 10.4. The minimum absolute atomic E-state index is 0. The standard InChI is InChI=1S/C12H23N2.ClH/c1-4-6-7-12(5-2)10-14-9-8-13(3)11-14;/h8-9,11-12H,4-7,10H2,1-3H3;1H/q+1;/p-1. The maximum Gasteiger partial charge on any atom is 0.243 e. The van der Waals surface area contributed by atoms with Crippen LogP contribution in [0.3, 0.4) is 0 Å². The van der Waals surface area contributed by atoms with Crippen molar-refractivity contribution in [2.45, 2.75) is 46.1 Å². The zero-order valence-electron chi connectivity index (χ0n) is 10.1. The Hall–Kier alpha value is -0.500. The van der Waals surface area contributed by atoms with Gasteiger partial charge >= 0.3 is 0 Å². The number of imidazole rings is 1. The van der Waals surface area contributed by atoms with Gasteiger partial charge in [-0.2, -0.15) is 0 Å². The van der Waals surface area contributed by atoms with Gasteiger partial charge in [0.15, 0.2) is 0 Å². The fourth-order valence-electron chi connectivity index (χ4n) is 1.83. The van der Waals surface area contributed by atoms with Crippen molar-refractivity contribution in [1.82, 2.24) is 4.57 Å². The van der Waals surface area contributed by atoms with Crippen LogP contribution >= 0.6 is 0 Å². The maximum absolute atomic E-state index is 2.30. The molecule has 3 heteroatoms. The van der Waals surface area contributed by atoms with E-state index in [-0.39, 0.29) is 12.4 Å². The van der Waals surface area contributed by atoms with Crippen LogP contribution in [0.2, 0.25) is 0 Å². The average Bonchev–Trinajstić information content (AvgIpc) is 2.58. The van der Waals surface area contributed by atoms with E-state index in [2.05, 4.69) is 48.8 Å². The molecule has 0 aliphatic carbocycles. The molecule has 0 amide bonds. The van der Waals surface area contributed by atoms with Crippen molar-refractivity contribution in [3.8, 4) is 0 Å². The molecule has 1 rings (SSSR count). The molecule has 0 bridgehead atoms. The fraction of sp³-hybridized carbons (Fsp3) is 0.750. The van der Waals surface area contributed by atoms with Gasteiger partial charge in [-0.1, -0.05) is 26.7 Å². The van der Waals surface area contributed by atoms with Gasteiger partial charge in [0, 0.05) is 0 Å². The molecule has 0 aliphatic rings. The van der Waals surface area contributed by atoms with E-state index >= 15 is 0 Å². The minimum Gasteiger partial charge on any atom is -1.00 e. The van der Waals surface area contributed by atoms with Gasteiger partial charge in [0.25, 0.3) is 0 Å². The highest BCUT2D eigenvalue weighted by atomic mass is 35.5. The summed E-state index contributed by atoms with van der Waals surface area (Å²) in [5.41, 5.74) is 0. The van der Waals surface area contributed by atoms with Crippen molar-refractivity contribution >= 4 is 0 Å². The number of hydrogen-bond donors (Lipinski definition) is 0. The summed E-state index contributed by atoms with van der Waals surface area (Å²) in [6.45, 7) is 5.74. The molecule has 0 aliphatic heterocycles. The molecular formula is C12H23ClN2. The van der Waals surface area contributed by atoms with E-state index < -0.39 is 0 Å². The smallest absolute Gasteiger partial charge is 0.243 e.